The van der Waals surface area contributed by atoms with E-state index in [2.05, 4.69) is 15.9 Å². The molecule has 0 radical (unpaired) electrons. The Bertz CT molecular complexity index is 475. The summed E-state index contributed by atoms with van der Waals surface area (Å²) >= 11 is 2.81. The van der Waals surface area contributed by atoms with Crippen LogP contribution in [0.15, 0.2) is 22.9 Å². The molecule has 1 aromatic rings. The highest BCUT2D eigenvalue weighted by molar-refractivity contribution is 9.10. The van der Waals surface area contributed by atoms with Crippen LogP contribution < -0.4 is 0 Å². The third-order valence-electron chi connectivity index (χ3n) is 0.655. The third kappa shape index (κ3) is 1.86. The summed E-state index contributed by atoms with van der Waals surface area (Å²) in [5.41, 5.74) is 0. The molecule has 2 heteroatoms. The smallest absolute Gasteiger partial charge is 0.0830 e. The lowest BCUT2D eigenvalue weighted by Crippen LogP contribution is -1.90. The van der Waals surface area contributed by atoms with Gasteiger partial charge in [-0.25, -0.2) is 0 Å². The maximum atomic E-state index is 7.67. The number of nitrogens with zero attached hydrogens (tertiary/aromatic N) is 1. The molecule has 9 heavy (non-hydrogen) atoms. The molecule has 0 saturated heterocycles. The molecule has 0 amide bonds. The highest BCUT2D eigenvalue weighted by Crippen LogP contribution is 2.08. The van der Waals surface area contributed by atoms with Crippen LogP contribution in [0.2, 0.25) is 0 Å². The molecule has 0 saturated carbocycles. The SMILES string of the molecule is [2H]c1c(Br)c([2H])n(C([2H])([2H])C([2H])([2H])C([2H])([2H])[2H])c1[2H]. The molecule has 0 bridgehead atoms. The first-order valence-corrected chi connectivity index (χ1v) is 2.90. The van der Waals surface area contributed by atoms with Gasteiger partial charge in [-0.3, -0.25) is 0 Å². The fourth-order valence-electron chi connectivity index (χ4n) is 0.371. The van der Waals surface area contributed by atoms with Crippen LogP contribution in [0.1, 0.15) is 26.9 Å². The number of aromatic nitrogens is 1. The van der Waals surface area contributed by atoms with Gasteiger partial charge in [-0.05, 0) is 28.3 Å². The van der Waals surface area contributed by atoms with Crippen molar-refractivity contribution in [1.29, 1.82) is 0 Å². The molecule has 0 unspecified atom stereocenters. The highest BCUT2D eigenvalue weighted by atomic mass is 79.9. The molecule has 1 heterocycles. The molecule has 0 aromatic carbocycles. The number of halogens is 1. The standard InChI is InChI=1S/C7H10BrN/c1-2-4-9-5-3-7(8)6-9/h3,5-6H,2,4H2,1H3/i1D3,2D2,3D,4D2,5D,6D. The zero-order valence-corrected chi connectivity index (χ0v) is 5.91. The molecule has 0 aliphatic rings. The second kappa shape index (κ2) is 3.06. The van der Waals surface area contributed by atoms with Crippen molar-refractivity contribution < 1.29 is 13.7 Å². The molecule has 50 valence electrons. The second-order valence-electron chi connectivity index (χ2n) is 1.23. The van der Waals surface area contributed by atoms with Crippen molar-refractivity contribution in [2.45, 2.75) is 19.7 Å². The molecule has 0 atom stereocenters. The van der Waals surface area contributed by atoms with Gasteiger partial charge in [0.2, 0.25) is 0 Å². The summed E-state index contributed by atoms with van der Waals surface area (Å²) in [4.78, 5) is 0. The van der Waals surface area contributed by atoms with Crippen molar-refractivity contribution in [2.75, 3.05) is 0 Å². The van der Waals surface area contributed by atoms with Gasteiger partial charge in [-0.2, -0.15) is 0 Å². The number of hydrogen-bond donors (Lipinski definition) is 0. The van der Waals surface area contributed by atoms with Gasteiger partial charge in [-0.1, -0.05) is 6.85 Å². The van der Waals surface area contributed by atoms with E-state index in [0.717, 1.165) is 0 Å². The Hall–Kier alpha value is -0.240. The van der Waals surface area contributed by atoms with Crippen LogP contribution in [0, 0.1) is 0 Å². The Morgan fingerprint density at radius 3 is 3.56 bits per heavy atom. The maximum Gasteiger partial charge on any atom is 0.0830 e. The van der Waals surface area contributed by atoms with E-state index in [1.807, 2.05) is 0 Å². The van der Waals surface area contributed by atoms with Crippen molar-refractivity contribution >= 4 is 15.9 Å². The average molecular weight is 198 g/mol. The summed E-state index contributed by atoms with van der Waals surface area (Å²) in [6, 6.07) is -0.504. The van der Waals surface area contributed by atoms with Crippen LogP contribution in [-0.4, -0.2) is 4.57 Å². The van der Waals surface area contributed by atoms with E-state index < -0.39 is 38.1 Å². The van der Waals surface area contributed by atoms with Crippen molar-refractivity contribution in [3.05, 3.63) is 22.9 Å². The minimum absolute atomic E-state index is 0.192. The van der Waals surface area contributed by atoms with Crippen molar-refractivity contribution in [1.82, 2.24) is 4.57 Å². The lowest BCUT2D eigenvalue weighted by Gasteiger charge is -1.95. The van der Waals surface area contributed by atoms with Gasteiger partial charge in [0, 0.05) is 32.9 Å². The summed E-state index contributed by atoms with van der Waals surface area (Å²) in [7, 11) is 0. The van der Waals surface area contributed by atoms with Crippen LogP contribution >= 0.6 is 15.9 Å². The zero-order chi connectivity index (χ0) is 15.4. The Morgan fingerprint density at radius 1 is 2.11 bits per heavy atom. The molecule has 0 N–H and O–H groups in total. The fraction of sp³-hybridized carbons (Fsp3) is 0.429. The van der Waals surface area contributed by atoms with Gasteiger partial charge < -0.3 is 4.57 Å². The van der Waals surface area contributed by atoms with Crippen molar-refractivity contribution in [2.24, 2.45) is 0 Å². The van der Waals surface area contributed by atoms with Crippen molar-refractivity contribution in [3.8, 4) is 0 Å². The summed E-state index contributed by atoms with van der Waals surface area (Å²) < 4.78 is 74.1. The average Bonchev–Trinajstić information content (AvgIpc) is 2.41. The first-order valence-electron chi connectivity index (χ1n) is 7.11. The minimum Gasteiger partial charge on any atom is -0.353 e. The van der Waals surface area contributed by atoms with Gasteiger partial charge >= 0.3 is 0 Å². The Balaban J connectivity index is 3.57. The van der Waals surface area contributed by atoms with Gasteiger partial charge in [0.25, 0.3) is 0 Å². The van der Waals surface area contributed by atoms with Crippen LogP contribution in [0.25, 0.3) is 0 Å². The normalized spacial score (nSPS) is 30.8. The van der Waals surface area contributed by atoms with Crippen LogP contribution in [0.3, 0.4) is 0 Å². The van der Waals surface area contributed by atoms with Crippen LogP contribution in [0.4, 0.5) is 0 Å². The van der Waals surface area contributed by atoms with Crippen molar-refractivity contribution in [3.63, 3.8) is 0 Å². The van der Waals surface area contributed by atoms with Gasteiger partial charge in [0.05, 0.1) is 4.11 Å². The van der Waals surface area contributed by atoms with E-state index in [4.69, 9.17) is 13.7 Å². The molecule has 1 aromatic heterocycles. The largest absolute Gasteiger partial charge is 0.353 e. The van der Waals surface area contributed by atoms with Gasteiger partial charge in [-0.15, -0.1) is 0 Å². The van der Waals surface area contributed by atoms with E-state index in [9.17, 15) is 0 Å². The molecule has 1 nitrogen and oxygen atoms in total. The number of hydrogen-bond acceptors (Lipinski definition) is 0. The van der Waals surface area contributed by atoms with Crippen LogP contribution in [0.5, 0.6) is 0 Å². The topological polar surface area (TPSA) is 4.93 Å². The first-order chi connectivity index (χ1) is 8.26. The van der Waals surface area contributed by atoms with Gasteiger partial charge in [0.1, 0.15) is 0 Å². The lowest BCUT2D eigenvalue weighted by molar-refractivity contribution is 0.683. The molecular formula is C7H10BrN. The monoisotopic (exact) mass is 197 g/mol. The quantitative estimate of drug-likeness (QED) is 0.688. The predicted octanol–water partition coefficient (Wildman–Crippen LogP) is 2.66. The number of rotatable bonds is 2. The summed E-state index contributed by atoms with van der Waals surface area (Å²) in [6.07, 6.45) is -4.75. The maximum absolute atomic E-state index is 7.67. The first kappa shape index (κ1) is 1.50. The highest BCUT2D eigenvalue weighted by Gasteiger charge is 1.88. The molecule has 1 rings (SSSR count). The fourth-order valence-corrected chi connectivity index (χ4v) is 0.637. The van der Waals surface area contributed by atoms with Crippen LogP contribution in [-0.2, 0) is 6.50 Å². The third-order valence-corrected chi connectivity index (χ3v) is 1.03. The summed E-state index contributed by atoms with van der Waals surface area (Å²) in [6.45, 7) is -6.46. The molecule has 0 aliphatic carbocycles. The second-order valence-corrected chi connectivity index (χ2v) is 2.03. The molecule has 0 spiro atoms. The Morgan fingerprint density at radius 2 is 3.00 bits per heavy atom. The summed E-state index contributed by atoms with van der Waals surface area (Å²) in [5.74, 6) is 0. The molecule has 0 aliphatic heterocycles. The Kier molecular flexibility index (Phi) is 0.510. The Labute approximate surface area is 77.9 Å². The van der Waals surface area contributed by atoms with E-state index in [0.29, 0.717) is 0 Å². The zero-order valence-electron chi connectivity index (χ0n) is 14.3. The van der Waals surface area contributed by atoms with E-state index in [1.54, 1.807) is 0 Å². The lowest BCUT2D eigenvalue weighted by atomic mass is 10.5. The van der Waals surface area contributed by atoms with E-state index in [1.165, 1.54) is 0 Å². The summed E-state index contributed by atoms with van der Waals surface area (Å²) in [5, 5.41) is 0. The molecular weight excluding hydrogens is 178 g/mol. The minimum atomic E-state index is -3.32. The predicted molar refractivity (Wildman–Crippen MR) is 42.4 cm³/mol. The van der Waals surface area contributed by atoms with Gasteiger partial charge in [0.15, 0.2) is 0 Å². The molecule has 0 fully saturated rings. The van der Waals surface area contributed by atoms with E-state index >= 15 is 0 Å². The van der Waals surface area contributed by atoms with E-state index in [-0.39, 0.29) is 9.04 Å².